The quantitative estimate of drug-likeness (QED) is 0.768. The van der Waals surface area contributed by atoms with Crippen molar-refractivity contribution in [1.29, 1.82) is 0 Å². The van der Waals surface area contributed by atoms with E-state index in [1.54, 1.807) is 11.8 Å². The molecule has 2 aliphatic rings. The Labute approximate surface area is 148 Å². The Balaban J connectivity index is 1.55. The number of amides is 1. The maximum atomic E-state index is 13.1. The van der Waals surface area contributed by atoms with Crippen LogP contribution in [0.15, 0.2) is 53.7 Å². The lowest BCUT2D eigenvalue weighted by Crippen LogP contribution is -2.26. The van der Waals surface area contributed by atoms with Gasteiger partial charge in [0.25, 0.3) is 0 Å². The van der Waals surface area contributed by atoms with E-state index < -0.39 is 5.92 Å². The SMILES string of the molecule is O=C(Nc1nnc2n1CCS2)C1c2ccccc2Oc2ccccc21. The summed E-state index contributed by atoms with van der Waals surface area (Å²) in [6, 6.07) is 15.3. The zero-order chi connectivity index (χ0) is 16.8. The van der Waals surface area contributed by atoms with Crippen LogP contribution >= 0.6 is 11.8 Å². The molecule has 0 unspecified atom stereocenters. The summed E-state index contributed by atoms with van der Waals surface area (Å²) in [4.78, 5) is 13.1. The van der Waals surface area contributed by atoms with Crippen LogP contribution in [-0.4, -0.2) is 26.4 Å². The molecule has 124 valence electrons. The molecule has 1 amide bonds. The number of rotatable bonds is 2. The van der Waals surface area contributed by atoms with Crippen molar-refractivity contribution in [2.24, 2.45) is 0 Å². The summed E-state index contributed by atoms with van der Waals surface area (Å²) < 4.78 is 7.89. The molecule has 0 fully saturated rings. The molecule has 0 radical (unpaired) electrons. The van der Waals surface area contributed by atoms with E-state index in [1.807, 2.05) is 53.1 Å². The maximum Gasteiger partial charge on any atom is 0.239 e. The van der Waals surface area contributed by atoms with Crippen LogP contribution in [0.2, 0.25) is 0 Å². The number of aromatic nitrogens is 3. The molecule has 1 N–H and O–H groups in total. The molecule has 25 heavy (non-hydrogen) atoms. The number of hydrogen-bond acceptors (Lipinski definition) is 5. The standard InChI is InChI=1S/C18H14N4O2S/c23-16(19-17-20-21-18-22(17)9-10-25-18)15-11-5-1-3-7-13(11)24-14-8-4-2-6-12(14)15/h1-8,15H,9-10H2,(H,19,20,23). The summed E-state index contributed by atoms with van der Waals surface area (Å²) in [6.45, 7) is 0.809. The smallest absolute Gasteiger partial charge is 0.239 e. The minimum atomic E-state index is -0.442. The van der Waals surface area contributed by atoms with Gasteiger partial charge in [0.15, 0.2) is 5.16 Å². The molecule has 0 spiro atoms. The number of hydrogen-bond donors (Lipinski definition) is 1. The fourth-order valence-corrected chi connectivity index (χ4v) is 4.18. The van der Waals surface area contributed by atoms with Crippen LogP contribution in [0.1, 0.15) is 17.0 Å². The minimum absolute atomic E-state index is 0.129. The molecule has 1 aromatic heterocycles. The first-order valence-electron chi connectivity index (χ1n) is 8.04. The molecule has 7 heteroatoms. The Kier molecular flexibility index (Phi) is 3.27. The van der Waals surface area contributed by atoms with E-state index in [1.165, 1.54) is 0 Å². The number of para-hydroxylation sites is 2. The van der Waals surface area contributed by atoms with Gasteiger partial charge in [-0.15, -0.1) is 10.2 Å². The van der Waals surface area contributed by atoms with Gasteiger partial charge in [-0.05, 0) is 12.1 Å². The topological polar surface area (TPSA) is 69.0 Å². The lowest BCUT2D eigenvalue weighted by molar-refractivity contribution is -0.117. The fourth-order valence-electron chi connectivity index (χ4n) is 3.29. The highest BCUT2D eigenvalue weighted by Crippen LogP contribution is 2.44. The van der Waals surface area contributed by atoms with E-state index in [0.717, 1.165) is 28.6 Å². The lowest BCUT2D eigenvalue weighted by atomic mass is 9.87. The highest BCUT2D eigenvalue weighted by atomic mass is 32.2. The summed E-state index contributed by atoms with van der Waals surface area (Å²) in [7, 11) is 0. The Morgan fingerprint density at radius 3 is 2.48 bits per heavy atom. The summed E-state index contributed by atoms with van der Waals surface area (Å²) in [5.41, 5.74) is 1.71. The van der Waals surface area contributed by atoms with Crippen molar-refractivity contribution in [3.8, 4) is 11.5 Å². The van der Waals surface area contributed by atoms with Gasteiger partial charge in [0, 0.05) is 23.4 Å². The Hall–Kier alpha value is -2.80. The second-order valence-electron chi connectivity index (χ2n) is 5.91. The molecule has 0 saturated carbocycles. The van der Waals surface area contributed by atoms with Crippen LogP contribution in [0, 0.1) is 0 Å². The fraction of sp³-hybridized carbons (Fsp3) is 0.167. The lowest BCUT2D eigenvalue weighted by Gasteiger charge is -2.27. The van der Waals surface area contributed by atoms with E-state index >= 15 is 0 Å². The van der Waals surface area contributed by atoms with Gasteiger partial charge in [-0.2, -0.15) is 0 Å². The molecular weight excluding hydrogens is 336 g/mol. The average molecular weight is 350 g/mol. The number of benzene rings is 2. The zero-order valence-corrected chi connectivity index (χ0v) is 14.0. The summed E-state index contributed by atoms with van der Waals surface area (Å²) >= 11 is 1.65. The van der Waals surface area contributed by atoms with Gasteiger partial charge in [-0.1, -0.05) is 48.2 Å². The Bertz CT molecular complexity index is 939. The van der Waals surface area contributed by atoms with Crippen LogP contribution in [0.3, 0.4) is 0 Å². The van der Waals surface area contributed by atoms with Crippen LogP contribution < -0.4 is 10.1 Å². The van der Waals surface area contributed by atoms with Crippen molar-refractivity contribution in [3.63, 3.8) is 0 Å². The zero-order valence-electron chi connectivity index (χ0n) is 13.2. The van der Waals surface area contributed by atoms with Crippen molar-refractivity contribution < 1.29 is 9.53 Å². The third-order valence-electron chi connectivity index (χ3n) is 4.44. The predicted octanol–water partition coefficient (Wildman–Crippen LogP) is 3.26. The highest BCUT2D eigenvalue weighted by molar-refractivity contribution is 7.99. The highest BCUT2D eigenvalue weighted by Gasteiger charge is 2.33. The van der Waals surface area contributed by atoms with Gasteiger partial charge in [0.05, 0.1) is 5.92 Å². The van der Waals surface area contributed by atoms with Crippen molar-refractivity contribution in [1.82, 2.24) is 14.8 Å². The first-order chi connectivity index (χ1) is 12.3. The molecule has 3 heterocycles. The van der Waals surface area contributed by atoms with Gasteiger partial charge in [-0.25, -0.2) is 0 Å². The molecule has 0 aliphatic carbocycles. The third kappa shape index (κ3) is 2.31. The van der Waals surface area contributed by atoms with Crippen LogP contribution in [0.4, 0.5) is 5.95 Å². The van der Waals surface area contributed by atoms with Crippen molar-refractivity contribution in [2.75, 3.05) is 11.1 Å². The second kappa shape index (κ2) is 5.63. The van der Waals surface area contributed by atoms with E-state index in [4.69, 9.17) is 4.74 Å². The monoisotopic (exact) mass is 350 g/mol. The Morgan fingerprint density at radius 2 is 1.76 bits per heavy atom. The number of nitrogens with zero attached hydrogens (tertiary/aromatic N) is 3. The first-order valence-corrected chi connectivity index (χ1v) is 9.02. The van der Waals surface area contributed by atoms with Crippen LogP contribution in [0.25, 0.3) is 0 Å². The number of fused-ring (bicyclic) bond motifs is 3. The van der Waals surface area contributed by atoms with Gasteiger partial charge in [-0.3, -0.25) is 14.7 Å². The van der Waals surface area contributed by atoms with Crippen LogP contribution in [0.5, 0.6) is 11.5 Å². The number of thioether (sulfide) groups is 1. The molecule has 2 aromatic carbocycles. The maximum absolute atomic E-state index is 13.1. The van der Waals surface area contributed by atoms with Crippen molar-refractivity contribution >= 4 is 23.6 Å². The van der Waals surface area contributed by atoms with Crippen molar-refractivity contribution in [2.45, 2.75) is 17.6 Å². The predicted molar refractivity (Wildman–Crippen MR) is 94.2 cm³/mol. The largest absolute Gasteiger partial charge is 0.457 e. The number of nitrogens with one attached hydrogen (secondary N) is 1. The van der Waals surface area contributed by atoms with E-state index in [-0.39, 0.29) is 5.91 Å². The number of ether oxygens (including phenoxy) is 1. The summed E-state index contributed by atoms with van der Waals surface area (Å²) in [5, 5.41) is 12.0. The summed E-state index contributed by atoms with van der Waals surface area (Å²) in [6.07, 6.45) is 0. The first kappa shape index (κ1) is 14.5. The second-order valence-corrected chi connectivity index (χ2v) is 6.97. The van der Waals surface area contributed by atoms with E-state index in [0.29, 0.717) is 17.4 Å². The molecule has 0 saturated heterocycles. The molecule has 5 rings (SSSR count). The van der Waals surface area contributed by atoms with Crippen LogP contribution in [-0.2, 0) is 11.3 Å². The van der Waals surface area contributed by atoms with E-state index in [9.17, 15) is 4.79 Å². The van der Waals surface area contributed by atoms with E-state index in [2.05, 4.69) is 15.5 Å². The molecule has 0 bridgehead atoms. The van der Waals surface area contributed by atoms with Gasteiger partial charge < -0.3 is 4.74 Å². The number of anilines is 1. The third-order valence-corrected chi connectivity index (χ3v) is 5.39. The Morgan fingerprint density at radius 1 is 1.08 bits per heavy atom. The number of carbonyl (C=O) groups is 1. The molecule has 0 atom stereocenters. The molecular formula is C18H14N4O2S. The van der Waals surface area contributed by atoms with Gasteiger partial charge >= 0.3 is 0 Å². The normalized spacial score (nSPS) is 15.0. The molecule has 6 nitrogen and oxygen atoms in total. The van der Waals surface area contributed by atoms with Gasteiger partial charge in [0.2, 0.25) is 11.9 Å². The van der Waals surface area contributed by atoms with Gasteiger partial charge in [0.1, 0.15) is 11.5 Å². The minimum Gasteiger partial charge on any atom is -0.457 e. The summed E-state index contributed by atoms with van der Waals surface area (Å²) in [5.74, 6) is 2.31. The molecule has 2 aliphatic heterocycles. The number of carbonyl (C=O) groups excluding carboxylic acids is 1. The van der Waals surface area contributed by atoms with Crippen molar-refractivity contribution in [3.05, 3.63) is 59.7 Å². The average Bonchev–Trinajstić information content (AvgIpc) is 3.24. The molecule has 3 aromatic rings.